The fourth-order valence-electron chi connectivity index (χ4n) is 0.127. The average molecular weight is 366 g/mol. The van der Waals surface area contributed by atoms with Crippen LogP contribution in [-0.2, 0) is 9.84 Å². The molecule has 0 saturated heterocycles. The molecule has 0 aromatic carbocycles. The van der Waals surface area contributed by atoms with Crippen LogP contribution in [0, 0.1) is 18.4 Å². The molecule has 0 aliphatic carbocycles. The van der Waals surface area contributed by atoms with E-state index in [-0.39, 0.29) is 0 Å². The minimum Gasteiger partial charge on any atom is -0.202 e. The maximum atomic E-state index is 10.5. The minimum atomic E-state index is -3.42. The number of hydrogen-bond donors (Lipinski definition) is 0. The van der Waals surface area contributed by atoms with Crippen molar-refractivity contribution in [1.82, 2.24) is 0 Å². The van der Waals surface area contributed by atoms with Gasteiger partial charge in [-0.05, 0) is 7.85 Å². The molecule has 0 atom stereocenters. The third-order valence-electron chi connectivity index (χ3n) is 0.346. The van der Waals surface area contributed by atoms with Crippen molar-refractivity contribution in [2.45, 2.75) is 0 Å². The zero-order valence-corrected chi connectivity index (χ0v) is 9.11. The molecule has 2 nitrogen and oxygen atoms in total. The second kappa shape index (κ2) is 4.36. The van der Waals surface area contributed by atoms with E-state index in [2.05, 4.69) is 7.85 Å². The molecule has 0 aromatic rings. The molecule has 0 saturated carbocycles. The summed E-state index contributed by atoms with van der Waals surface area (Å²) in [4.78, 5) is 0. The molecule has 0 spiro atoms. The van der Waals surface area contributed by atoms with Crippen LogP contribution in [0.5, 0.6) is 0 Å². The Morgan fingerprint density at radius 3 is 1.56 bits per heavy atom. The van der Waals surface area contributed by atoms with Crippen LogP contribution in [0.25, 0.3) is 0 Å². The van der Waals surface area contributed by atoms with Crippen LogP contribution in [0.3, 0.4) is 0 Å². The highest BCUT2D eigenvalue weighted by atomic mass is 127. The Kier molecular flexibility index (Phi) is 4.62. The summed E-state index contributed by atoms with van der Waals surface area (Å²) in [6, 6.07) is 0. The Hall–Kier alpha value is 0.530. The Bertz CT molecular complexity index is 269. The first-order chi connectivity index (χ1) is 4.12. The summed E-state index contributed by atoms with van der Waals surface area (Å²) in [6.07, 6.45) is 0. The lowest BCUT2D eigenvalue weighted by Crippen LogP contribution is -1.87. The van der Waals surface area contributed by atoms with E-state index in [0.29, 0.717) is 0 Å². The van der Waals surface area contributed by atoms with Gasteiger partial charge in [-0.1, -0.05) is 0 Å². The van der Waals surface area contributed by atoms with Gasteiger partial charge in [0.25, 0.3) is 9.84 Å². The van der Waals surface area contributed by atoms with Gasteiger partial charge in [-0.2, -0.15) is 0 Å². The second-order valence-corrected chi connectivity index (χ2v) is 3.39. The van der Waals surface area contributed by atoms with Gasteiger partial charge in [-0.25, -0.2) is 8.42 Å². The molecular weight excluding hydrogens is 366 g/mol. The lowest BCUT2D eigenvalue weighted by Gasteiger charge is -1.72. The molecule has 0 amide bonds. The van der Waals surface area contributed by atoms with E-state index in [4.69, 9.17) is 0 Å². The maximum Gasteiger partial charge on any atom is 0.285 e. The van der Waals surface area contributed by atoms with Crippen LogP contribution >= 0.6 is 45.2 Å². The van der Waals surface area contributed by atoms with Crippen molar-refractivity contribution in [1.29, 1.82) is 0 Å². The van der Waals surface area contributed by atoms with Gasteiger partial charge in [-0.3, -0.25) is 0 Å². The first kappa shape index (κ1) is 9.53. The Labute approximate surface area is 81.0 Å². The van der Waals surface area contributed by atoms with E-state index in [0.717, 1.165) is 0 Å². The van der Waals surface area contributed by atoms with E-state index in [9.17, 15) is 8.42 Å². The summed E-state index contributed by atoms with van der Waals surface area (Å²) in [5, 5.41) is 3.91. The first-order valence-electron chi connectivity index (χ1n) is 1.62. The van der Waals surface area contributed by atoms with Crippen LogP contribution in [0.15, 0.2) is 0 Å². The standard InChI is InChI=1S/C4I2O2S/c5-1-3-9(7,8)4-2-6. The van der Waals surface area contributed by atoms with Crippen molar-refractivity contribution in [3.05, 3.63) is 0 Å². The summed E-state index contributed by atoms with van der Waals surface area (Å²) in [5.41, 5.74) is 0. The van der Waals surface area contributed by atoms with Gasteiger partial charge in [0.2, 0.25) is 0 Å². The number of sulfone groups is 1. The Morgan fingerprint density at radius 2 is 1.33 bits per heavy atom. The Balaban J connectivity index is 4.71. The molecule has 9 heavy (non-hydrogen) atoms. The summed E-state index contributed by atoms with van der Waals surface area (Å²) < 4.78 is 25.4. The van der Waals surface area contributed by atoms with E-state index >= 15 is 0 Å². The zero-order valence-electron chi connectivity index (χ0n) is 3.98. The van der Waals surface area contributed by atoms with Crippen LogP contribution in [-0.4, -0.2) is 8.42 Å². The van der Waals surface area contributed by atoms with Crippen molar-refractivity contribution in [3.63, 3.8) is 0 Å². The lowest BCUT2D eigenvalue weighted by atomic mass is 11.4. The number of hydrogen-bond acceptors (Lipinski definition) is 2. The van der Waals surface area contributed by atoms with Gasteiger partial charge in [0.15, 0.2) is 0 Å². The summed E-state index contributed by atoms with van der Waals surface area (Å²) in [6.45, 7) is 0. The molecule has 0 rings (SSSR count). The summed E-state index contributed by atoms with van der Waals surface area (Å²) >= 11 is 3.28. The highest BCUT2D eigenvalue weighted by Gasteiger charge is 1.95. The van der Waals surface area contributed by atoms with Gasteiger partial charge in [-0.15, -0.1) is 0 Å². The zero-order chi connectivity index (χ0) is 7.33. The quantitative estimate of drug-likeness (QED) is 0.476. The molecule has 0 fully saturated rings. The molecular formula is C4I2O2S. The van der Waals surface area contributed by atoms with Gasteiger partial charge in [0, 0.05) is 45.2 Å². The van der Waals surface area contributed by atoms with Gasteiger partial charge in [0.1, 0.15) is 0 Å². The van der Waals surface area contributed by atoms with E-state index in [1.54, 1.807) is 45.2 Å². The molecule has 0 heterocycles. The van der Waals surface area contributed by atoms with E-state index in [1.807, 2.05) is 10.5 Å². The van der Waals surface area contributed by atoms with E-state index < -0.39 is 9.84 Å². The van der Waals surface area contributed by atoms with Gasteiger partial charge < -0.3 is 0 Å². The molecule has 0 radical (unpaired) electrons. The fraction of sp³-hybridized carbons (Fsp3) is 0. The Morgan fingerprint density at radius 1 is 1.00 bits per heavy atom. The van der Waals surface area contributed by atoms with Gasteiger partial charge >= 0.3 is 0 Å². The molecule has 0 aromatic heterocycles. The average Bonchev–Trinajstić information content (AvgIpc) is 1.64. The van der Waals surface area contributed by atoms with Crippen LogP contribution in [0.1, 0.15) is 0 Å². The molecule has 5 heteroatoms. The predicted molar refractivity (Wildman–Crippen MR) is 52.5 cm³/mol. The lowest BCUT2D eigenvalue weighted by molar-refractivity contribution is 0.615. The smallest absolute Gasteiger partial charge is 0.202 e. The van der Waals surface area contributed by atoms with Gasteiger partial charge in [0.05, 0.1) is 10.5 Å². The van der Waals surface area contributed by atoms with Crippen molar-refractivity contribution in [3.8, 4) is 18.4 Å². The molecule has 0 N–H and O–H groups in total. The maximum absolute atomic E-state index is 10.5. The third kappa shape index (κ3) is 5.00. The van der Waals surface area contributed by atoms with Crippen molar-refractivity contribution < 1.29 is 8.42 Å². The van der Waals surface area contributed by atoms with Crippen molar-refractivity contribution >= 4 is 55.0 Å². The third-order valence-corrected chi connectivity index (χ3v) is 2.36. The monoisotopic (exact) mass is 366 g/mol. The van der Waals surface area contributed by atoms with E-state index in [1.165, 1.54) is 0 Å². The molecule has 48 valence electrons. The second-order valence-electron chi connectivity index (χ2n) is 0.897. The number of halogens is 2. The largest absolute Gasteiger partial charge is 0.285 e. The molecule has 0 bridgehead atoms. The topological polar surface area (TPSA) is 34.1 Å². The summed E-state index contributed by atoms with van der Waals surface area (Å²) in [5.74, 6) is 0. The molecule has 0 aliphatic rings. The van der Waals surface area contributed by atoms with Crippen LogP contribution < -0.4 is 0 Å². The number of rotatable bonds is 0. The summed E-state index contributed by atoms with van der Waals surface area (Å²) in [7, 11) is -3.42. The molecule has 0 aliphatic heterocycles. The molecule has 0 unspecified atom stereocenters. The van der Waals surface area contributed by atoms with Crippen LogP contribution in [0.4, 0.5) is 0 Å². The minimum absolute atomic E-state index is 1.64. The normalized spacial score (nSPS) is 8.22. The van der Waals surface area contributed by atoms with Crippen molar-refractivity contribution in [2.24, 2.45) is 0 Å². The highest BCUT2D eigenvalue weighted by Crippen LogP contribution is 1.85. The SMILES string of the molecule is O=S(=O)(C#CI)C#CI. The van der Waals surface area contributed by atoms with Crippen LogP contribution in [0.2, 0.25) is 0 Å². The highest BCUT2D eigenvalue weighted by molar-refractivity contribution is 14.1. The van der Waals surface area contributed by atoms with Crippen molar-refractivity contribution in [2.75, 3.05) is 0 Å². The predicted octanol–water partition coefficient (Wildman–Crippen LogP) is 1.11. The first-order valence-corrected chi connectivity index (χ1v) is 5.26. The fourth-order valence-corrected chi connectivity index (χ4v) is 2.12.